The monoisotopic (exact) mass is 238 g/mol. The highest BCUT2D eigenvalue weighted by Crippen LogP contribution is 2.06. The van der Waals surface area contributed by atoms with Crippen molar-refractivity contribution in [2.24, 2.45) is 0 Å². The normalized spacial score (nSPS) is 9.88. The lowest BCUT2D eigenvalue weighted by molar-refractivity contribution is -0.129. The molecule has 4 nitrogen and oxygen atoms in total. The van der Waals surface area contributed by atoms with Gasteiger partial charge in [0.1, 0.15) is 5.82 Å². The average Bonchev–Trinajstić information content (AvgIpc) is 2.27. The molecule has 0 aromatic heterocycles. The number of halogens is 1. The van der Waals surface area contributed by atoms with Gasteiger partial charge in [-0.1, -0.05) is 6.07 Å². The van der Waals surface area contributed by atoms with Gasteiger partial charge in [-0.3, -0.25) is 9.59 Å². The predicted molar refractivity (Wildman–Crippen MR) is 62.1 cm³/mol. The van der Waals surface area contributed by atoms with Crippen molar-refractivity contribution in [2.75, 3.05) is 27.7 Å². The van der Waals surface area contributed by atoms with E-state index in [1.807, 2.05) is 0 Å². The van der Waals surface area contributed by atoms with Crippen LogP contribution < -0.4 is 0 Å². The lowest BCUT2D eigenvalue weighted by atomic mass is 10.2. The van der Waals surface area contributed by atoms with Gasteiger partial charge in [-0.25, -0.2) is 4.39 Å². The first kappa shape index (κ1) is 13.2. The summed E-state index contributed by atoms with van der Waals surface area (Å²) < 4.78 is 12.9. The molecular weight excluding hydrogens is 223 g/mol. The van der Waals surface area contributed by atoms with Crippen molar-refractivity contribution in [1.29, 1.82) is 0 Å². The molecule has 0 saturated heterocycles. The van der Waals surface area contributed by atoms with Crippen molar-refractivity contribution >= 4 is 11.8 Å². The number of likely N-dealkylation sites (N-methyl/N-ethyl adjacent to an activating group) is 2. The number of benzene rings is 1. The molecule has 1 aromatic carbocycles. The predicted octanol–water partition coefficient (Wildman–Crippen LogP) is 0.986. The number of hydrogen-bond donors (Lipinski definition) is 0. The van der Waals surface area contributed by atoms with Gasteiger partial charge in [0.2, 0.25) is 5.91 Å². The first-order chi connectivity index (χ1) is 7.91. The van der Waals surface area contributed by atoms with Crippen molar-refractivity contribution in [3.8, 4) is 0 Å². The van der Waals surface area contributed by atoms with Crippen LogP contribution in [0.4, 0.5) is 4.39 Å². The Bertz CT molecular complexity index is 432. The van der Waals surface area contributed by atoms with E-state index in [2.05, 4.69) is 0 Å². The van der Waals surface area contributed by atoms with Gasteiger partial charge in [0, 0.05) is 26.7 Å². The van der Waals surface area contributed by atoms with Gasteiger partial charge >= 0.3 is 0 Å². The maximum absolute atomic E-state index is 12.9. The van der Waals surface area contributed by atoms with Crippen LogP contribution in [0.3, 0.4) is 0 Å². The third-order valence-corrected chi connectivity index (χ3v) is 2.29. The Balaban J connectivity index is 2.73. The average molecular weight is 238 g/mol. The molecule has 0 aliphatic carbocycles. The molecule has 0 heterocycles. The minimum atomic E-state index is -0.469. The fourth-order valence-electron chi connectivity index (χ4n) is 1.26. The molecule has 1 rings (SSSR count). The third-order valence-electron chi connectivity index (χ3n) is 2.29. The summed E-state index contributed by atoms with van der Waals surface area (Å²) in [4.78, 5) is 25.9. The van der Waals surface area contributed by atoms with Crippen LogP contribution in [0.25, 0.3) is 0 Å². The second-order valence-corrected chi connectivity index (χ2v) is 3.96. The number of nitrogens with zero attached hydrogens (tertiary/aromatic N) is 2. The summed E-state index contributed by atoms with van der Waals surface area (Å²) in [5.41, 5.74) is 0.235. The highest BCUT2D eigenvalue weighted by molar-refractivity contribution is 5.96. The molecule has 1 aromatic rings. The molecule has 0 atom stereocenters. The Kier molecular flexibility index (Phi) is 4.20. The second kappa shape index (κ2) is 5.43. The fourth-order valence-corrected chi connectivity index (χ4v) is 1.26. The Morgan fingerprint density at radius 2 is 1.88 bits per heavy atom. The van der Waals surface area contributed by atoms with Crippen LogP contribution in [0.15, 0.2) is 24.3 Å². The van der Waals surface area contributed by atoms with E-state index in [1.54, 1.807) is 14.1 Å². The summed E-state index contributed by atoms with van der Waals surface area (Å²) >= 11 is 0. The minimum Gasteiger partial charge on any atom is -0.347 e. The first-order valence-corrected chi connectivity index (χ1v) is 5.13. The quantitative estimate of drug-likeness (QED) is 0.787. The SMILES string of the molecule is CN(C)C(=O)CN(C)C(=O)c1cccc(F)c1. The van der Waals surface area contributed by atoms with E-state index in [0.717, 1.165) is 6.07 Å². The summed E-state index contributed by atoms with van der Waals surface area (Å²) in [6.07, 6.45) is 0. The molecule has 0 bridgehead atoms. The Hall–Kier alpha value is -1.91. The van der Waals surface area contributed by atoms with Crippen LogP contribution in [0.1, 0.15) is 10.4 Å². The van der Waals surface area contributed by atoms with E-state index in [4.69, 9.17) is 0 Å². The zero-order valence-corrected chi connectivity index (χ0v) is 10.1. The molecule has 0 radical (unpaired) electrons. The summed E-state index contributed by atoms with van der Waals surface area (Å²) in [5.74, 6) is -1.03. The van der Waals surface area contributed by atoms with Crippen LogP contribution in [0, 0.1) is 5.82 Å². The molecule has 17 heavy (non-hydrogen) atoms. The standard InChI is InChI=1S/C12H15FN2O2/c1-14(2)11(16)8-15(3)12(17)9-5-4-6-10(13)7-9/h4-7H,8H2,1-3H3. The third kappa shape index (κ3) is 3.55. The van der Waals surface area contributed by atoms with Crippen molar-refractivity contribution in [2.45, 2.75) is 0 Å². The molecule has 92 valence electrons. The molecule has 0 fully saturated rings. The Morgan fingerprint density at radius 1 is 1.24 bits per heavy atom. The van der Waals surface area contributed by atoms with Crippen LogP contribution in [-0.2, 0) is 4.79 Å². The van der Waals surface area contributed by atoms with E-state index >= 15 is 0 Å². The van der Waals surface area contributed by atoms with Crippen LogP contribution >= 0.6 is 0 Å². The molecule has 0 aliphatic heterocycles. The number of carbonyl (C=O) groups is 2. The van der Waals surface area contributed by atoms with Gasteiger partial charge in [-0.15, -0.1) is 0 Å². The summed E-state index contributed by atoms with van der Waals surface area (Å²) in [6, 6.07) is 5.40. The van der Waals surface area contributed by atoms with Crippen molar-refractivity contribution < 1.29 is 14.0 Å². The first-order valence-electron chi connectivity index (χ1n) is 5.13. The van der Waals surface area contributed by atoms with Crippen molar-refractivity contribution in [3.05, 3.63) is 35.6 Å². The van der Waals surface area contributed by atoms with Gasteiger partial charge in [-0.2, -0.15) is 0 Å². The molecule has 0 aliphatic rings. The van der Waals surface area contributed by atoms with E-state index in [9.17, 15) is 14.0 Å². The fraction of sp³-hybridized carbons (Fsp3) is 0.333. The lowest BCUT2D eigenvalue weighted by Crippen LogP contribution is -2.37. The number of amides is 2. The maximum Gasteiger partial charge on any atom is 0.254 e. The zero-order valence-electron chi connectivity index (χ0n) is 10.1. The number of rotatable bonds is 3. The topological polar surface area (TPSA) is 40.6 Å². The van der Waals surface area contributed by atoms with Gasteiger partial charge in [0.15, 0.2) is 0 Å². The smallest absolute Gasteiger partial charge is 0.254 e. The molecule has 0 unspecified atom stereocenters. The minimum absolute atomic E-state index is 0.0254. The molecule has 0 N–H and O–H groups in total. The van der Waals surface area contributed by atoms with E-state index in [0.29, 0.717) is 0 Å². The van der Waals surface area contributed by atoms with E-state index in [1.165, 1.54) is 35.0 Å². The molecule has 2 amide bonds. The van der Waals surface area contributed by atoms with Gasteiger partial charge in [0.05, 0.1) is 6.54 Å². The van der Waals surface area contributed by atoms with Gasteiger partial charge < -0.3 is 9.80 Å². The highest BCUT2D eigenvalue weighted by Gasteiger charge is 2.16. The molecular formula is C12H15FN2O2. The number of carbonyl (C=O) groups excluding carboxylic acids is 2. The van der Waals surface area contributed by atoms with Crippen molar-refractivity contribution in [3.63, 3.8) is 0 Å². The Morgan fingerprint density at radius 3 is 2.41 bits per heavy atom. The maximum atomic E-state index is 12.9. The van der Waals surface area contributed by atoms with E-state index < -0.39 is 5.82 Å². The lowest BCUT2D eigenvalue weighted by Gasteiger charge is -2.19. The number of hydrogen-bond acceptors (Lipinski definition) is 2. The molecule has 0 spiro atoms. The molecule has 5 heteroatoms. The van der Waals surface area contributed by atoms with E-state index in [-0.39, 0.29) is 23.9 Å². The van der Waals surface area contributed by atoms with Gasteiger partial charge in [-0.05, 0) is 18.2 Å². The Labute approximate surface area is 99.6 Å². The second-order valence-electron chi connectivity index (χ2n) is 3.96. The molecule has 0 saturated carbocycles. The van der Waals surface area contributed by atoms with Crippen molar-refractivity contribution in [1.82, 2.24) is 9.80 Å². The largest absolute Gasteiger partial charge is 0.347 e. The highest BCUT2D eigenvalue weighted by atomic mass is 19.1. The summed E-state index contributed by atoms with van der Waals surface area (Å²) in [7, 11) is 4.74. The van der Waals surface area contributed by atoms with Crippen LogP contribution in [0.2, 0.25) is 0 Å². The zero-order chi connectivity index (χ0) is 13.0. The summed E-state index contributed by atoms with van der Waals surface area (Å²) in [5, 5.41) is 0. The summed E-state index contributed by atoms with van der Waals surface area (Å²) in [6.45, 7) is -0.0254. The van der Waals surface area contributed by atoms with Crippen LogP contribution in [-0.4, -0.2) is 49.3 Å². The van der Waals surface area contributed by atoms with Gasteiger partial charge in [0.25, 0.3) is 5.91 Å². The van der Waals surface area contributed by atoms with Crippen LogP contribution in [0.5, 0.6) is 0 Å².